The third-order valence-electron chi connectivity index (χ3n) is 4.12. The molecule has 2 aromatic carbocycles. The Kier molecular flexibility index (Phi) is 7.70. The van der Waals surface area contributed by atoms with Crippen molar-refractivity contribution in [1.82, 2.24) is 5.43 Å². The number of benzene rings is 2. The highest BCUT2D eigenvalue weighted by molar-refractivity contribution is 5.78. The second-order valence-corrected chi connectivity index (χ2v) is 6.04. The number of hydrazone groups is 1. The zero-order valence-electron chi connectivity index (χ0n) is 14.9. The number of ether oxygens (including phenoxy) is 1. The zero-order valence-corrected chi connectivity index (χ0v) is 14.9. The van der Waals surface area contributed by atoms with Crippen molar-refractivity contribution in [3.05, 3.63) is 65.7 Å². The molecule has 1 amide bonds. The summed E-state index contributed by atoms with van der Waals surface area (Å²) >= 11 is 0. The molecule has 25 heavy (non-hydrogen) atoms. The molecule has 0 saturated carbocycles. The van der Waals surface area contributed by atoms with Gasteiger partial charge < -0.3 is 4.74 Å². The fraction of sp³-hybridized carbons (Fsp3) is 0.333. The number of rotatable bonds is 9. The minimum atomic E-state index is -0.262. The molecule has 0 bridgehead atoms. The topological polar surface area (TPSA) is 50.7 Å². The van der Waals surface area contributed by atoms with E-state index in [1.807, 2.05) is 42.5 Å². The summed E-state index contributed by atoms with van der Waals surface area (Å²) < 4.78 is 5.48. The zero-order chi connectivity index (χ0) is 17.9. The number of carbonyl (C=O) groups excluding carboxylic acids is 1. The maximum absolute atomic E-state index is 11.7. The molecule has 0 aliphatic heterocycles. The van der Waals surface area contributed by atoms with Gasteiger partial charge in [-0.25, -0.2) is 5.43 Å². The SMILES string of the molecule is CCC(C)c1ccc(OCC(=O)NN=CCCc2ccccc2)cc1. The maximum Gasteiger partial charge on any atom is 0.277 e. The monoisotopic (exact) mass is 338 g/mol. The van der Waals surface area contributed by atoms with Crippen LogP contribution >= 0.6 is 0 Å². The standard InChI is InChI=1S/C21H26N2O2/c1-3-17(2)19-11-13-20(14-12-19)25-16-21(24)23-22-15-7-10-18-8-5-4-6-9-18/h4-6,8-9,11-15,17H,3,7,10,16H2,1-2H3,(H,23,24). The van der Waals surface area contributed by atoms with Crippen LogP contribution in [0.2, 0.25) is 0 Å². The van der Waals surface area contributed by atoms with E-state index < -0.39 is 0 Å². The van der Waals surface area contributed by atoms with E-state index in [1.165, 1.54) is 11.1 Å². The number of nitrogens with zero attached hydrogens (tertiary/aromatic N) is 1. The lowest BCUT2D eigenvalue weighted by atomic mass is 9.99. The summed E-state index contributed by atoms with van der Waals surface area (Å²) in [5.41, 5.74) is 5.02. The molecule has 0 radical (unpaired) electrons. The van der Waals surface area contributed by atoms with Crippen LogP contribution in [0.5, 0.6) is 5.75 Å². The van der Waals surface area contributed by atoms with Crippen molar-refractivity contribution in [3.63, 3.8) is 0 Å². The Morgan fingerprint density at radius 2 is 1.88 bits per heavy atom. The van der Waals surface area contributed by atoms with Crippen molar-refractivity contribution >= 4 is 12.1 Å². The van der Waals surface area contributed by atoms with Crippen LogP contribution in [-0.4, -0.2) is 18.7 Å². The second-order valence-electron chi connectivity index (χ2n) is 6.04. The van der Waals surface area contributed by atoms with Crippen LogP contribution in [0.1, 0.15) is 43.7 Å². The number of aryl methyl sites for hydroxylation is 1. The Hall–Kier alpha value is -2.62. The number of carbonyl (C=O) groups is 1. The summed E-state index contributed by atoms with van der Waals surface area (Å²) in [7, 11) is 0. The maximum atomic E-state index is 11.7. The number of amides is 1. The van der Waals surface area contributed by atoms with Gasteiger partial charge in [0.05, 0.1) is 0 Å². The number of hydrogen-bond acceptors (Lipinski definition) is 3. The average molecular weight is 338 g/mol. The minimum Gasteiger partial charge on any atom is -0.484 e. The number of hydrogen-bond donors (Lipinski definition) is 1. The Morgan fingerprint density at radius 3 is 2.56 bits per heavy atom. The molecule has 0 saturated heterocycles. The van der Waals surface area contributed by atoms with Crippen molar-refractivity contribution in [2.24, 2.45) is 5.10 Å². The largest absolute Gasteiger partial charge is 0.484 e. The second kappa shape index (κ2) is 10.3. The molecule has 132 valence electrons. The third kappa shape index (κ3) is 6.79. The van der Waals surface area contributed by atoms with Crippen molar-refractivity contribution in [3.8, 4) is 5.75 Å². The van der Waals surface area contributed by atoms with E-state index in [4.69, 9.17) is 4.74 Å². The van der Waals surface area contributed by atoms with Gasteiger partial charge in [-0.15, -0.1) is 0 Å². The fourth-order valence-electron chi connectivity index (χ4n) is 2.37. The molecule has 0 aromatic heterocycles. The van der Waals surface area contributed by atoms with Crippen LogP contribution in [0, 0.1) is 0 Å². The first kappa shape index (κ1) is 18.7. The predicted octanol–water partition coefficient (Wildman–Crippen LogP) is 4.31. The molecule has 1 atom stereocenters. The molecule has 2 rings (SSSR count). The average Bonchev–Trinajstić information content (AvgIpc) is 2.66. The first-order chi connectivity index (χ1) is 12.2. The predicted molar refractivity (Wildman–Crippen MR) is 102 cm³/mol. The first-order valence-corrected chi connectivity index (χ1v) is 8.76. The summed E-state index contributed by atoms with van der Waals surface area (Å²) in [4.78, 5) is 11.7. The Morgan fingerprint density at radius 1 is 1.16 bits per heavy atom. The van der Waals surface area contributed by atoms with E-state index in [0.29, 0.717) is 11.7 Å². The summed E-state index contributed by atoms with van der Waals surface area (Å²) in [5.74, 6) is 0.958. The van der Waals surface area contributed by atoms with Gasteiger partial charge >= 0.3 is 0 Å². The molecular weight excluding hydrogens is 312 g/mol. The molecule has 0 spiro atoms. The lowest BCUT2D eigenvalue weighted by Crippen LogP contribution is -2.24. The first-order valence-electron chi connectivity index (χ1n) is 8.76. The van der Waals surface area contributed by atoms with Crippen LogP contribution < -0.4 is 10.2 Å². The van der Waals surface area contributed by atoms with Gasteiger partial charge in [0, 0.05) is 6.21 Å². The van der Waals surface area contributed by atoms with E-state index in [2.05, 4.69) is 36.5 Å². The van der Waals surface area contributed by atoms with Gasteiger partial charge in [-0.2, -0.15) is 5.10 Å². The summed E-state index contributed by atoms with van der Waals surface area (Å²) in [6, 6.07) is 18.1. The smallest absolute Gasteiger partial charge is 0.277 e. The van der Waals surface area contributed by atoms with Crippen molar-refractivity contribution in [2.75, 3.05) is 6.61 Å². The highest BCUT2D eigenvalue weighted by Gasteiger charge is 2.04. The van der Waals surface area contributed by atoms with E-state index >= 15 is 0 Å². The Bertz CT molecular complexity index is 666. The summed E-state index contributed by atoms with van der Waals surface area (Å²) in [6.07, 6.45) is 4.50. The van der Waals surface area contributed by atoms with E-state index in [1.54, 1.807) is 6.21 Å². The normalized spacial score (nSPS) is 12.1. The fourth-order valence-corrected chi connectivity index (χ4v) is 2.37. The van der Waals surface area contributed by atoms with Crippen LogP contribution in [-0.2, 0) is 11.2 Å². The van der Waals surface area contributed by atoms with Crippen LogP contribution in [0.25, 0.3) is 0 Å². The third-order valence-corrected chi connectivity index (χ3v) is 4.12. The lowest BCUT2D eigenvalue weighted by molar-refractivity contribution is -0.123. The van der Waals surface area contributed by atoms with Gasteiger partial charge in [0.15, 0.2) is 6.61 Å². The number of nitrogens with one attached hydrogen (secondary N) is 1. The van der Waals surface area contributed by atoms with E-state index in [9.17, 15) is 4.79 Å². The Labute approximate surface area is 149 Å². The lowest BCUT2D eigenvalue weighted by Gasteiger charge is -2.10. The molecule has 0 fully saturated rings. The molecular formula is C21H26N2O2. The van der Waals surface area contributed by atoms with E-state index in [-0.39, 0.29) is 12.5 Å². The molecule has 0 heterocycles. The van der Waals surface area contributed by atoms with Crippen molar-refractivity contribution < 1.29 is 9.53 Å². The molecule has 4 nitrogen and oxygen atoms in total. The molecule has 4 heteroatoms. The van der Waals surface area contributed by atoms with Gasteiger partial charge in [-0.05, 0) is 48.4 Å². The van der Waals surface area contributed by atoms with Gasteiger partial charge in [0.2, 0.25) is 0 Å². The van der Waals surface area contributed by atoms with Crippen LogP contribution in [0.4, 0.5) is 0 Å². The molecule has 0 aliphatic carbocycles. The highest BCUT2D eigenvalue weighted by Crippen LogP contribution is 2.21. The summed E-state index contributed by atoms with van der Waals surface area (Å²) in [6.45, 7) is 4.32. The molecule has 1 N–H and O–H groups in total. The van der Waals surface area contributed by atoms with E-state index in [0.717, 1.165) is 19.3 Å². The van der Waals surface area contributed by atoms with Gasteiger partial charge in [-0.3, -0.25) is 4.79 Å². The molecule has 2 aromatic rings. The van der Waals surface area contributed by atoms with Gasteiger partial charge in [0.1, 0.15) is 5.75 Å². The van der Waals surface area contributed by atoms with Crippen molar-refractivity contribution in [1.29, 1.82) is 0 Å². The van der Waals surface area contributed by atoms with Crippen LogP contribution in [0.15, 0.2) is 59.7 Å². The van der Waals surface area contributed by atoms with Crippen molar-refractivity contribution in [2.45, 2.75) is 39.0 Å². The molecule has 0 aliphatic rings. The highest BCUT2D eigenvalue weighted by atomic mass is 16.5. The van der Waals surface area contributed by atoms with Gasteiger partial charge in [-0.1, -0.05) is 56.3 Å². The minimum absolute atomic E-state index is 0.0430. The summed E-state index contributed by atoms with van der Waals surface area (Å²) in [5, 5.41) is 3.94. The quantitative estimate of drug-likeness (QED) is 0.547. The van der Waals surface area contributed by atoms with Crippen LogP contribution in [0.3, 0.4) is 0 Å². The van der Waals surface area contributed by atoms with Gasteiger partial charge in [0.25, 0.3) is 5.91 Å². The molecule has 1 unspecified atom stereocenters. The Balaban J connectivity index is 1.65.